The van der Waals surface area contributed by atoms with Gasteiger partial charge in [0.25, 0.3) is 0 Å². The van der Waals surface area contributed by atoms with Crippen molar-refractivity contribution in [2.45, 2.75) is 45.3 Å². The van der Waals surface area contributed by atoms with Crippen LogP contribution in [0.3, 0.4) is 0 Å². The first kappa shape index (κ1) is 24.8. The molecule has 2 aromatic rings. The lowest BCUT2D eigenvalue weighted by molar-refractivity contribution is 0.0106. The highest BCUT2D eigenvalue weighted by Crippen LogP contribution is 2.34. The molecule has 0 spiro atoms. The van der Waals surface area contributed by atoms with E-state index in [-0.39, 0.29) is 6.10 Å². The Balaban J connectivity index is 1.38. The molecule has 1 fully saturated rings. The zero-order valence-electron chi connectivity index (χ0n) is 20.9. The number of hydrogen-bond donors (Lipinski definition) is 1. The number of nitrogens with one attached hydrogen (secondary N) is 1. The quantitative estimate of drug-likeness (QED) is 0.486. The zero-order chi connectivity index (χ0) is 23.8. The van der Waals surface area contributed by atoms with Crippen molar-refractivity contribution in [3.8, 4) is 11.5 Å². The van der Waals surface area contributed by atoms with Gasteiger partial charge in [0.2, 0.25) is 0 Å². The molecule has 6 nitrogen and oxygen atoms in total. The number of piperidine rings is 1. The zero-order valence-corrected chi connectivity index (χ0v) is 20.9. The van der Waals surface area contributed by atoms with Crippen molar-refractivity contribution >= 4 is 5.69 Å². The van der Waals surface area contributed by atoms with Gasteiger partial charge >= 0.3 is 0 Å². The van der Waals surface area contributed by atoms with Crippen molar-refractivity contribution in [1.29, 1.82) is 0 Å². The molecule has 2 atom stereocenters. The van der Waals surface area contributed by atoms with Gasteiger partial charge in [-0.05, 0) is 60.7 Å². The molecule has 2 unspecified atom stereocenters. The first-order chi connectivity index (χ1) is 16.6. The minimum absolute atomic E-state index is 0.140. The number of ether oxygens (including phenoxy) is 4. The van der Waals surface area contributed by atoms with E-state index in [1.807, 2.05) is 0 Å². The monoisotopic (exact) mass is 468 g/mol. The molecule has 1 saturated heterocycles. The fraction of sp³-hybridized carbons (Fsp3) is 0.571. The van der Waals surface area contributed by atoms with E-state index in [1.54, 1.807) is 7.11 Å². The molecule has 6 heteroatoms. The largest absolute Gasteiger partial charge is 0.493 e. The number of anilines is 1. The fourth-order valence-electron chi connectivity index (χ4n) is 4.70. The van der Waals surface area contributed by atoms with Gasteiger partial charge in [-0.25, -0.2) is 0 Å². The van der Waals surface area contributed by atoms with Gasteiger partial charge in [-0.1, -0.05) is 32.0 Å². The summed E-state index contributed by atoms with van der Waals surface area (Å²) >= 11 is 0. The molecular weight excluding hydrogens is 428 g/mol. The molecule has 0 aliphatic carbocycles. The highest BCUT2D eigenvalue weighted by atomic mass is 16.5. The van der Waals surface area contributed by atoms with Crippen LogP contribution in [0.25, 0.3) is 0 Å². The number of fused-ring (bicyclic) bond motifs is 1. The van der Waals surface area contributed by atoms with Crippen molar-refractivity contribution in [2.75, 3.05) is 58.0 Å². The Labute approximate surface area is 204 Å². The molecule has 0 radical (unpaired) electrons. The highest BCUT2D eigenvalue weighted by molar-refractivity contribution is 5.61. The van der Waals surface area contributed by atoms with Crippen LogP contribution < -0.4 is 19.7 Å². The Hall–Kier alpha value is -2.28. The van der Waals surface area contributed by atoms with E-state index in [0.29, 0.717) is 18.4 Å². The molecule has 2 aliphatic rings. The number of methoxy groups -OCH3 is 1. The smallest absolute Gasteiger partial charge is 0.142 e. The maximum Gasteiger partial charge on any atom is 0.142 e. The van der Waals surface area contributed by atoms with Gasteiger partial charge in [0, 0.05) is 32.7 Å². The average molecular weight is 469 g/mol. The average Bonchev–Trinajstić information content (AvgIpc) is 2.87. The maximum absolute atomic E-state index is 6.50. The van der Waals surface area contributed by atoms with Crippen LogP contribution in [-0.4, -0.2) is 59.2 Å². The third-order valence-corrected chi connectivity index (χ3v) is 6.54. The molecule has 4 rings (SSSR count). The summed E-state index contributed by atoms with van der Waals surface area (Å²) in [5, 5.41) is 3.51. The summed E-state index contributed by atoms with van der Waals surface area (Å²) in [5.74, 6) is 2.81. The summed E-state index contributed by atoms with van der Waals surface area (Å²) in [6.07, 6.45) is 2.22. The standard InChI is InChI=1S/C28H40N2O4/c1-21(2)19-33-24-8-6-23(7-9-24)25-11-12-29-18-28(25)34-20-22-5-10-27-26(17-22)30(14-16-32-27)13-4-15-31-3/h5-10,17,21,25,28-29H,4,11-16,18-20H2,1-3H3. The van der Waals surface area contributed by atoms with Crippen molar-refractivity contribution in [1.82, 2.24) is 5.32 Å². The van der Waals surface area contributed by atoms with E-state index in [2.05, 4.69) is 66.5 Å². The van der Waals surface area contributed by atoms with Gasteiger partial charge in [0.15, 0.2) is 0 Å². The second-order valence-electron chi connectivity index (χ2n) is 9.71. The van der Waals surface area contributed by atoms with Gasteiger partial charge in [-0.2, -0.15) is 0 Å². The predicted octanol–water partition coefficient (Wildman–Crippen LogP) is 4.62. The second kappa shape index (κ2) is 12.4. The Kier molecular flexibility index (Phi) is 9.08. The van der Waals surface area contributed by atoms with E-state index in [9.17, 15) is 0 Å². The van der Waals surface area contributed by atoms with Crippen LogP contribution in [0.1, 0.15) is 43.7 Å². The summed E-state index contributed by atoms with van der Waals surface area (Å²) in [6, 6.07) is 15.0. The predicted molar refractivity (Wildman–Crippen MR) is 136 cm³/mol. The van der Waals surface area contributed by atoms with Gasteiger partial charge in [0.1, 0.15) is 18.1 Å². The summed E-state index contributed by atoms with van der Waals surface area (Å²) in [7, 11) is 1.76. The van der Waals surface area contributed by atoms with Crippen LogP contribution in [-0.2, 0) is 16.1 Å². The van der Waals surface area contributed by atoms with Crippen LogP contribution in [0.5, 0.6) is 11.5 Å². The third kappa shape index (κ3) is 6.65. The van der Waals surface area contributed by atoms with E-state index >= 15 is 0 Å². The molecule has 1 N–H and O–H groups in total. The Morgan fingerprint density at radius 2 is 2.00 bits per heavy atom. The molecule has 2 aromatic carbocycles. The summed E-state index contributed by atoms with van der Waals surface area (Å²) in [4.78, 5) is 2.40. The minimum Gasteiger partial charge on any atom is -0.493 e. The first-order valence-electron chi connectivity index (χ1n) is 12.7. The number of rotatable bonds is 11. The van der Waals surface area contributed by atoms with Gasteiger partial charge < -0.3 is 29.2 Å². The maximum atomic E-state index is 6.50. The number of hydrogen-bond acceptors (Lipinski definition) is 6. The molecule has 2 aliphatic heterocycles. The lowest BCUT2D eigenvalue weighted by Crippen LogP contribution is -2.41. The third-order valence-electron chi connectivity index (χ3n) is 6.54. The van der Waals surface area contributed by atoms with Gasteiger partial charge in [-0.15, -0.1) is 0 Å². The normalized spacial score (nSPS) is 20.2. The van der Waals surface area contributed by atoms with Crippen LogP contribution in [0.2, 0.25) is 0 Å². The van der Waals surface area contributed by atoms with Crippen LogP contribution in [0, 0.1) is 5.92 Å². The second-order valence-corrected chi connectivity index (χ2v) is 9.71. The molecule has 0 aromatic heterocycles. The topological polar surface area (TPSA) is 52.2 Å². The molecular formula is C28H40N2O4. The fourth-order valence-corrected chi connectivity index (χ4v) is 4.70. The summed E-state index contributed by atoms with van der Waals surface area (Å²) in [6.45, 7) is 10.9. The molecule has 0 saturated carbocycles. The highest BCUT2D eigenvalue weighted by Gasteiger charge is 2.27. The van der Waals surface area contributed by atoms with E-state index in [1.165, 1.54) is 16.8 Å². The van der Waals surface area contributed by atoms with Crippen LogP contribution >= 0.6 is 0 Å². The SMILES string of the molecule is COCCCN1CCOc2ccc(COC3CNCCC3c3ccc(OCC(C)C)cc3)cc21. The molecule has 0 bridgehead atoms. The Bertz CT molecular complexity index is 886. The van der Waals surface area contributed by atoms with Crippen LogP contribution in [0.15, 0.2) is 42.5 Å². The van der Waals surface area contributed by atoms with Gasteiger partial charge in [0.05, 0.1) is 31.5 Å². The Morgan fingerprint density at radius 1 is 1.15 bits per heavy atom. The lowest BCUT2D eigenvalue weighted by atomic mass is 9.87. The number of nitrogens with zero attached hydrogens (tertiary/aromatic N) is 1. The van der Waals surface area contributed by atoms with E-state index < -0.39 is 0 Å². The molecule has 34 heavy (non-hydrogen) atoms. The minimum atomic E-state index is 0.140. The Morgan fingerprint density at radius 3 is 2.79 bits per heavy atom. The number of benzene rings is 2. The summed E-state index contributed by atoms with van der Waals surface area (Å²) < 4.78 is 23.5. The molecule has 2 heterocycles. The van der Waals surface area contributed by atoms with Crippen LogP contribution in [0.4, 0.5) is 5.69 Å². The summed E-state index contributed by atoms with van der Waals surface area (Å²) in [5.41, 5.74) is 3.67. The van der Waals surface area contributed by atoms with Gasteiger partial charge in [-0.3, -0.25) is 0 Å². The first-order valence-corrected chi connectivity index (χ1v) is 12.7. The van der Waals surface area contributed by atoms with E-state index in [0.717, 1.165) is 70.3 Å². The lowest BCUT2D eigenvalue weighted by Gasteiger charge is -2.33. The molecule has 0 amide bonds. The van der Waals surface area contributed by atoms with Crippen molar-refractivity contribution < 1.29 is 18.9 Å². The molecule has 186 valence electrons. The van der Waals surface area contributed by atoms with Crippen molar-refractivity contribution in [3.05, 3.63) is 53.6 Å². The van der Waals surface area contributed by atoms with Crippen molar-refractivity contribution in [2.24, 2.45) is 5.92 Å². The van der Waals surface area contributed by atoms with Crippen molar-refractivity contribution in [3.63, 3.8) is 0 Å². The van der Waals surface area contributed by atoms with E-state index in [4.69, 9.17) is 18.9 Å².